The predicted octanol–water partition coefficient (Wildman–Crippen LogP) is 4.54. The summed E-state index contributed by atoms with van der Waals surface area (Å²) in [6.07, 6.45) is 9.95. The molecule has 0 spiro atoms. The van der Waals surface area contributed by atoms with Crippen molar-refractivity contribution in [1.82, 2.24) is 5.32 Å². The second-order valence-electron chi connectivity index (χ2n) is 4.83. The van der Waals surface area contributed by atoms with Gasteiger partial charge in [-0.1, -0.05) is 33.6 Å². The first kappa shape index (κ1) is 14.3. The van der Waals surface area contributed by atoms with Crippen molar-refractivity contribution in [2.24, 2.45) is 5.92 Å². The summed E-state index contributed by atoms with van der Waals surface area (Å²) in [5.74, 6) is 0.731. The zero-order valence-corrected chi connectivity index (χ0v) is 11.5. The fourth-order valence-corrected chi connectivity index (χ4v) is 2.53. The lowest BCUT2D eigenvalue weighted by molar-refractivity contribution is 0.314. The molecule has 1 unspecified atom stereocenters. The molecule has 2 nitrogen and oxygen atoms in total. The lowest BCUT2D eigenvalue weighted by atomic mass is 9.87. The Morgan fingerprint density at radius 3 is 2.29 bits per heavy atom. The molecule has 2 heteroatoms. The summed E-state index contributed by atoms with van der Waals surface area (Å²) in [5.41, 5.74) is 1.31. The van der Waals surface area contributed by atoms with Crippen LogP contribution in [0.25, 0.3) is 0 Å². The second-order valence-corrected chi connectivity index (χ2v) is 4.83. The molecular formula is C15H27NO. The topological polar surface area (TPSA) is 25.2 Å². The van der Waals surface area contributed by atoms with Crippen molar-refractivity contribution in [2.45, 2.75) is 58.9 Å². The molecule has 0 aliphatic carbocycles. The summed E-state index contributed by atoms with van der Waals surface area (Å²) in [7, 11) is 0. The quantitative estimate of drug-likeness (QED) is 0.682. The first-order chi connectivity index (χ1) is 8.33. The van der Waals surface area contributed by atoms with E-state index in [2.05, 4.69) is 32.2 Å². The van der Waals surface area contributed by atoms with E-state index in [1.807, 2.05) is 6.26 Å². The van der Waals surface area contributed by atoms with Crippen molar-refractivity contribution in [2.75, 3.05) is 6.54 Å². The Morgan fingerprint density at radius 2 is 1.82 bits per heavy atom. The smallest absolute Gasteiger partial charge is 0.0950 e. The maximum atomic E-state index is 5.24. The maximum Gasteiger partial charge on any atom is 0.0950 e. The SMILES string of the molecule is CCCNC(c1ccoc1)C(CCC)CCC. The van der Waals surface area contributed by atoms with Crippen LogP contribution in [0.1, 0.15) is 64.5 Å². The van der Waals surface area contributed by atoms with Crippen LogP contribution in [0.5, 0.6) is 0 Å². The Morgan fingerprint density at radius 1 is 1.12 bits per heavy atom. The molecule has 0 aliphatic rings. The molecule has 0 saturated heterocycles. The summed E-state index contributed by atoms with van der Waals surface area (Å²) >= 11 is 0. The first-order valence-corrected chi connectivity index (χ1v) is 7.08. The van der Waals surface area contributed by atoms with Crippen molar-refractivity contribution < 1.29 is 4.42 Å². The fourth-order valence-electron chi connectivity index (χ4n) is 2.53. The molecule has 0 aromatic carbocycles. The Kier molecular flexibility index (Phi) is 7.02. The molecule has 0 radical (unpaired) electrons. The average molecular weight is 237 g/mol. The molecule has 1 aromatic heterocycles. The van der Waals surface area contributed by atoms with Crippen LogP contribution in [-0.2, 0) is 0 Å². The third-order valence-electron chi connectivity index (χ3n) is 3.31. The van der Waals surface area contributed by atoms with E-state index in [-0.39, 0.29) is 0 Å². The third kappa shape index (κ3) is 4.55. The fraction of sp³-hybridized carbons (Fsp3) is 0.733. The van der Waals surface area contributed by atoms with Crippen LogP contribution in [0.2, 0.25) is 0 Å². The van der Waals surface area contributed by atoms with Crippen LogP contribution in [-0.4, -0.2) is 6.54 Å². The number of furan rings is 1. The van der Waals surface area contributed by atoms with Gasteiger partial charge >= 0.3 is 0 Å². The molecule has 0 fully saturated rings. The van der Waals surface area contributed by atoms with Gasteiger partial charge in [0.1, 0.15) is 0 Å². The van der Waals surface area contributed by atoms with Gasteiger partial charge in [-0.2, -0.15) is 0 Å². The molecule has 1 aromatic rings. The molecular weight excluding hydrogens is 210 g/mol. The van der Waals surface area contributed by atoms with Gasteiger partial charge in [0.15, 0.2) is 0 Å². The van der Waals surface area contributed by atoms with Crippen molar-refractivity contribution in [3.63, 3.8) is 0 Å². The van der Waals surface area contributed by atoms with E-state index < -0.39 is 0 Å². The van der Waals surface area contributed by atoms with Gasteiger partial charge in [-0.3, -0.25) is 0 Å². The van der Waals surface area contributed by atoms with Crippen LogP contribution in [0.3, 0.4) is 0 Å². The van der Waals surface area contributed by atoms with Gasteiger partial charge in [-0.25, -0.2) is 0 Å². The molecule has 1 rings (SSSR count). The molecule has 17 heavy (non-hydrogen) atoms. The highest BCUT2D eigenvalue weighted by atomic mass is 16.3. The lowest BCUT2D eigenvalue weighted by Crippen LogP contribution is -2.28. The summed E-state index contributed by atoms with van der Waals surface area (Å²) in [6.45, 7) is 7.84. The molecule has 1 heterocycles. The van der Waals surface area contributed by atoms with Crippen molar-refractivity contribution in [3.05, 3.63) is 24.2 Å². The van der Waals surface area contributed by atoms with Crippen LogP contribution in [0, 0.1) is 5.92 Å². The van der Waals surface area contributed by atoms with Crippen LogP contribution >= 0.6 is 0 Å². The Bertz CT molecular complexity index is 262. The highest BCUT2D eigenvalue weighted by Gasteiger charge is 2.21. The van der Waals surface area contributed by atoms with Crippen molar-refractivity contribution >= 4 is 0 Å². The van der Waals surface area contributed by atoms with Crippen molar-refractivity contribution in [3.8, 4) is 0 Å². The summed E-state index contributed by atoms with van der Waals surface area (Å²) < 4.78 is 5.24. The summed E-state index contributed by atoms with van der Waals surface area (Å²) in [6, 6.07) is 2.57. The van der Waals surface area contributed by atoms with Gasteiger partial charge < -0.3 is 9.73 Å². The molecule has 0 saturated carbocycles. The minimum atomic E-state index is 0.466. The first-order valence-electron chi connectivity index (χ1n) is 7.08. The number of hydrogen-bond acceptors (Lipinski definition) is 2. The van der Waals surface area contributed by atoms with Gasteiger partial charge in [-0.05, 0) is 37.8 Å². The second kappa shape index (κ2) is 8.35. The zero-order chi connectivity index (χ0) is 12.5. The minimum absolute atomic E-state index is 0.466. The van der Waals surface area contributed by atoms with Crippen LogP contribution < -0.4 is 5.32 Å². The van der Waals surface area contributed by atoms with Crippen LogP contribution in [0.15, 0.2) is 23.0 Å². The van der Waals surface area contributed by atoms with E-state index in [4.69, 9.17) is 4.42 Å². The predicted molar refractivity (Wildman–Crippen MR) is 73.0 cm³/mol. The maximum absolute atomic E-state index is 5.24. The third-order valence-corrected chi connectivity index (χ3v) is 3.31. The molecule has 0 bridgehead atoms. The van der Waals surface area contributed by atoms with Crippen molar-refractivity contribution in [1.29, 1.82) is 0 Å². The normalized spacial score (nSPS) is 13.2. The van der Waals surface area contributed by atoms with Crippen LogP contribution in [0.4, 0.5) is 0 Å². The molecule has 0 amide bonds. The number of nitrogens with one attached hydrogen (secondary N) is 1. The number of hydrogen-bond donors (Lipinski definition) is 1. The Labute approximate surface area is 106 Å². The van der Waals surface area contributed by atoms with E-state index in [0.717, 1.165) is 12.5 Å². The zero-order valence-electron chi connectivity index (χ0n) is 11.5. The van der Waals surface area contributed by atoms with E-state index in [1.54, 1.807) is 6.26 Å². The van der Waals surface area contributed by atoms with Gasteiger partial charge in [0.2, 0.25) is 0 Å². The summed E-state index contributed by atoms with van der Waals surface area (Å²) in [4.78, 5) is 0. The van der Waals surface area contributed by atoms with E-state index >= 15 is 0 Å². The number of rotatable bonds is 9. The summed E-state index contributed by atoms with van der Waals surface area (Å²) in [5, 5.41) is 3.68. The lowest BCUT2D eigenvalue weighted by Gasteiger charge is -2.27. The largest absolute Gasteiger partial charge is 0.472 e. The minimum Gasteiger partial charge on any atom is -0.472 e. The Balaban J connectivity index is 2.71. The van der Waals surface area contributed by atoms with E-state index in [1.165, 1.54) is 37.7 Å². The highest BCUT2D eigenvalue weighted by Crippen LogP contribution is 2.29. The van der Waals surface area contributed by atoms with Gasteiger partial charge in [0.25, 0.3) is 0 Å². The van der Waals surface area contributed by atoms with E-state index in [0.29, 0.717) is 6.04 Å². The molecule has 1 N–H and O–H groups in total. The van der Waals surface area contributed by atoms with Gasteiger partial charge in [0, 0.05) is 11.6 Å². The monoisotopic (exact) mass is 237 g/mol. The van der Waals surface area contributed by atoms with E-state index in [9.17, 15) is 0 Å². The molecule has 1 atom stereocenters. The Hall–Kier alpha value is -0.760. The molecule has 0 aliphatic heterocycles. The highest BCUT2D eigenvalue weighted by molar-refractivity contribution is 5.12. The van der Waals surface area contributed by atoms with Gasteiger partial charge in [-0.15, -0.1) is 0 Å². The average Bonchev–Trinajstić information content (AvgIpc) is 2.84. The van der Waals surface area contributed by atoms with Gasteiger partial charge in [0.05, 0.1) is 12.5 Å². The standard InChI is InChI=1S/C15H27NO/c1-4-7-13(8-5-2)15(16-10-6-3)14-9-11-17-12-14/h9,11-13,15-16H,4-8,10H2,1-3H3. The molecule has 98 valence electrons.